The van der Waals surface area contributed by atoms with Crippen LogP contribution in [0.5, 0.6) is 23.0 Å². The topological polar surface area (TPSA) is 91.8 Å². The summed E-state index contributed by atoms with van der Waals surface area (Å²) in [6.07, 6.45) is 0.960. The monoisotopic (exact) mass is 449 g/mol. The van der Waals surface area contributed by atoms with Gasteiger partial charge in [-0.3, -0.25) is 4.79 Å². The van der Waals surface area contributed by atoms with Crippen LogP contribution < -0.4 is 24.3 Å². The van der Waals surface area contributed by atoms with Crippen LogP contribution in [0.25, 0.3) is 0 Å². The van der Waals surface area contributed by atoms with Gasteiger partial charge in [-0.2, -0.15) is 0 Å². The van der Waals surface area contributed by atoms with Gasteiger partial charge in [0.2, 0.25) is 11.7 Å². The van der Waals surface area contributed by atoms with E-state index in [9.17, 15) is 4.79 Å². The fourth-order valence-electron chi connectivity index (χ4n) is 4.21. The van der Waals surface area contributed by atoms with Crippen molar-refractivity contribution in [2.24, 2.45) is 0 Å². The van der Waals surface area contributed by atoms with Gasteiger partial charge in [0.05, 0.1) is 45.4 Å². The predicted octanol–water partition coefficient (Wildman–Crippen LogP) is 4.48. The molecule has 0 saturated heterocycles. The third-order valence-corrected chi connectivity index (χ3v) is 5.82. The number of hydrogen-bond acceptors (Lipinski definition) is 8. The maximum atomic E-state index is 13.1. The van der Waals surface area contributed by atoms with E-state index in [0.29, 0.717) is 47.3 Å². The molecule has 1 aliphatic rings. The van der Waals surface area contributed by atoms with Crippen LogP contribution in [0.3, 0.4) is 0 Å². The van der Waals surface area contributed by atoms with E-state index in [2.05, 4.69) is 10.3 Å². The van der Waals surface area contributed by atoms with Crippen LogP contribution in [0.1, 0.15) is 39.6 Å². The fourth-order valence-corrected chi connectivity index (χ4v) is 4.21. The number of anilines is 2. The molecule has 0 unspecified atom stereocenters. The molecule has 0 fully saturated rings. The van der Waals surface area contributed by atoms with Gasteiger partial charge in [0.15, 0.2) is 17.3 Å². The molecule has 172 valence electrons. The van der Waals surface area contributed by atoms with Crippen molar-refractivity contribution in [3.8, 4) is 23.0 Å². The minimum Gasteiger partial charge on any atom is -0.497 e. The van der Waals surface area contributed by atoms with E-state index in [0.717, 1.165) is 22.7 Å². The summed E-state index contributed by atoms with van der Waals surface area (Å²) in [4.78, 5) is 22.3. The zero-order valence-corrected chi connectivity index (χ0v) is 19.4. The number of benzene rings is 2. The normalized spacial score (nSPS) is 14.9. The highest BCUT2D eigenvalue weighted by atomic mass is 16.5. The van der Waals surface area contributed by atoms with E-state index in [4.69, 9.17) is 23.9 Å². The number of hydrogen-bond donors (Lipinski definition) is 1. The molecule has 0 saturated carbocycles. The number of carbonyl (C=O) groups is 1. The van der Waals surface area contributed by atoms with Crippen molar-refractivity contribution in [1.82, 2.24) is 9.97 Å². The van der Waals surface area contributed by atoms with Gasteiger partial charge >= 0.3 is 0 Å². The average molecular weight is 450 g/mol. The summed E-state index contributed by atoms with van der Waals surface area (Å²) in [6, 6.07) is 11.3. The fraction of sp³-hybridized carbons (Fsp3) is 0.320. The first-order chi connectivity index (χ1) is 16.0. The molecule has 2 aromatic carbocycles. The molecule has 8 nitrogen and oxygen atoms in total. The molecule has 1 aliphatic carbocycles. The molecule has 8 heteroatoms. The molecular formula is C25H27N3O5. The van der Waals surface area contributed by atoms with Gasteiger partial charge in [-0.1, -0.05) is 0 Å². The number of ketones is 1. The van der Waals surface area contributed by atoms with Crippen molar-refractivity contribution in [2.75, 3.05) is 33.8 Å². The Labute approximate surface area is 192 Å². The smallest absolute Gasteiger partial charge is 0.227 e. The van der Waals surface area contributed by atoms with Gasteiger partial charge in [0.1, 0.15) is 5.75 Å². The first-order valence-corrected chi connectivity index (χ1v) is 10.6. The second-order valence-corrected chi connectivity index (χ2v) is 7.79. The van der Waals surface area contributed by atoms with Gasteiger partial charge in [0.25, 0.3) is 0 Å². The Morgan fingerprint density at radius 3 is 2.12 bits per heavy atom. The summed E-state index contributed by atoms with van der Waals surface area (Å²) >= 11 is 0. The summed E-state index contributed by atoms with van der Waals surface area (Å²) < 4.78 is 21.6. The van der Waals surface area contributed by atoms with Crippen molar-refractivity contribution in [3.63, 3.8) is 0 Å². The van der Waals surface area contributed by atoms with Crippen molar-refractivity contribution in [2.45, 2.75) is 25.7 Å². The molecule has 1 N–H and O–H groups in total. The number of rotatable bonds is 7. The van der Waals surface area contributed by atoms with E-state index in [1.54, 1.807) is 28.4 Å². The molecule has 1 atom stereocenters. The standard InChI is InChI=1S/C25H27N3O5/c1-14-23-19(28-25(26-14)27-17-6-8-18(30-2)9-7-17)10-15(11-20(23)29)16-12-21(31-3)24(33-5)22(13-16)32-4/h6-9,12-13,15H,10-11H2,1-5H3,(H,26,27,28)/t15-/m1/s1. The molecule has 0 bridgehead atoms. The molecule has 3 aromatic rings. The van der Waals surface area contributed by atoms with E-state index in [-0.39, 0.29) is 11.7 Å². The number of nitrogens with one attached hydrogen (secondary N) is 1. The molecule has 0 spiro atoms. The second-order valence-electron chi connectivity index (χ2n) is 7.79. The molecule has 0 radical (unpaired) electrons. The van der Waals surface area contributed by atoms with E-state index >= 15 is 0 Å². The van der Waals surface area contributed by atoms with Crippen molar-refractivity contribution >= 4 is 17.4 Å². The van der Waals surface area contributed by atoms with E-state index in [1.165, 1.54) is 0 Å². The molecule has 1 heterocycles. The molecule has 0 amide bonds. The number of carbonyl (C=O) groups excluding carboxylic acids is 1. The Morgan fingerprint density at radius 1 is 0.879 bits per heavy atom. The van der Waals surface area contributed by atoms with Crippen molar-refractivity contribution in [1.29, 1.82) is 0 Å². The molecule has 0 aliphatic heterocycles. The highest BCUT2D eigenvalue weighted by Crippen LogP contribution is 2.43. The first-order valence-electron chi connectivity index (χ1n) is 10.6. The zero-order valence-electron chi connectivity index (χ0n) is 19.4. The summed E-state index contributed by atoms with van der Waals surface area (Å²) in [5, 5.41) is 3.22. The van der Waals surface area contributed by atoms with Crippen LogP contribution in [-0.4, -0.2) is 44.2 Å². The van der Waals surface area contributed by atoms with Gasteiger partial charge in [0, 0.05) is 12.1 Å². The summed E-state index contributed by atoms with van der Waals surface area (Å²) in [7, 11) is 6.35. The lowest BCUT2D eigenvalue weighted by molar-refractivity contribution is 0.0962. The summed E-state index contributed by atoms with van der Waals surface area (Å²) in [6.45, 7) is 1.84. The first kappa shape index (κ1) is 22.4. The van der Waals surface area contributed by atoms with Crippen LogP contribution in [0.4, 0.5) is 11.6 Å². The highest BCUT2D eigenvalue weighted by Gasteiger charge is 2.31. The lowest BCUT2D eigenvalue weighted by Gasteiger charge is -2.26. The SMILES string of the molecule is COc1ccc(Nc2nc(C)c3c(n2)C[C@@H](c2cc(OC)c(OC)c(OC)c2)CC3=O)cc1. The largest absolute Gasteiger partial charge is 0.497 e. The zero-order chi connectivity index (χ0) is 23.5. The Balaban J connectivity index is 1.66. The van der Waals surface area contributed by atoms with Crippen molar-refractivity contribution < 1.29 is 23.7 Å². The Morgan fingerprint density at radius 2 is 1.55 bits per heavy atom. The Bertz CT molecular complexity index is 1150. The van der Waals surface area contributed by atoms with Crippen LogP contribution in [0, 0.1) is 6.92 Å². The van der Waals surface area contributed by atoms with Crippen LogP contribution >= 0.6 is 0 Å². The number of aryl methyl sites for hydroxylation is 1. The number of methoxy groups -OCH3 is 4. The van der Waals surface area contributed by atoms with Crippen LogP contribution in [-0.2, 0) is 6.42 Å². The molecular weight excluding hydrogens is 422 g/mol. The number of Topliss-reactive ketones (excluding diaryl/α,β-unsaturated/α-hetero) is 1. The minimum atomic E-state index is -0.0677. The molecule has 4 rings (SSSR count). The Hall–Kier alpha value is -3.81. The maximum Gasteiger partial charge on any atom is 0.227 e. The third kappa shape index (κ3) is 4.41. The van der Waals surface area contributed by atoms with Gasteiger partial charge in [-0.15, -0.1) is 0 Å². The highest BCUT2D eigenvalue weighted by molar-refractivity contribution is 5.99. The third-order valence-electron chi connectivity index (χ3n) is 5.82. The van der Waals surface area contributed by atoms with Gasteiger partial charge in [-0.25, -0.2) is 9.97 Å². The van der Waals surface area contributed by atoms with E-state index < -0.39 is 0 Å². The minimum absolute atomic E-state index is 0.0310. The Kier molecular flexibility index (Phi) is 6.35. The second kappa shape index (κ2) is 9.36. The molecule has 1 aromatic heterocycles. The van der Waals surface area contributed by atoms with E-state index in [1.807, 2.05) is 43.3 Å². The summed E-state index contributed by atoms with van der Waals surface area (Å²) in [5.41, 5.74) is 3.78. The van der Waals surface area contributed by atoms with Gasteiger partial charge in [-0.05, 0) is 61.2 Å². The maximum absolute atomic E-state index is 13.1. The molecule has 33 heavy (non-hydrogen) atoms. The number of nitrogens with zero attached hydrogens (tertiary/aromatic N) is 2. The number of ether oxygens (including phenoxy) is 4. The van der Waals surface area contributed by atoms with Crippen molar-refractivity contribution in [3.05, 3.63) is 58.9 Å². The number of aromatic nitrogens is 2. The van der Waals surface area contributed by atoms with Crippen LogP contribution in [0.15, 0.2) is 36.4 Å². The number of fused-ring (bicyclic) bond motifs is 1. The van der Waals surface area contributed by atoms with Gasteiger partial charge < -0.3 is 24.3 Å². The van der Waals surface area contributed by atoms with Crippen LogP contribution in [0.2, 0.25) is 0 Å². The average Bonchev–Trinajstić information content (AvgIpc) is 2.82. The predicted molar refractivity (Wildman–Crippen MR) is 125 cm³/mol. The quantitative estimate of drug-likeness (QED) is 0.565. The lowest BCUT2D eigenvalue weighted by atomic mass is 9.81. The lowest BCUT2D eigenvalue weighted by Crippen LogP contribution is -2.23. The summed E-state index contributed by atoms with van der Waals surface area (Å²) in [5.74, 6) is 2.83.